The van der Waals surface area contributed by atoms with E-state index in [0.717, 1.165) is 52.6 Å². The second-order valence-corrected chi connectivity index (χ2v) is 6.19. The third kappa shape index (κ3) is 2.28. The summed E-state index contributed by atoms with van der Waals surface area (Å²) in [5.41, 5.74) is 2.92. The fourth-order valence-electron chi connectivity index (χ4n) is 2.63. The van der Waals surface area contributed by atoms with Crippen molar-refractivity contribution in [3.05, 3.63) is 23.3 Å². The minimum atomic E-state index is 0.434. The Balaban J connectivity index is 1.80. The molecular weight excluding hydrogens is 284 g/mol. The van der Waals surface area contributed by atoms with Crippen molar-refractivity contribution < 1.29 is 0 Å². The third-order valence-corrected chi connectivity index (χ3v) is 4.69. The summed E-state index contributed by atoms with van der Waals surface area (Å²) in [7, 11) is 0. The molecule has 1 aliphatic heterocycles. The van der Waals surface area contributed by atoms with Gasteiger partial charge in [-0.15, -0.1) is 11.3 Å². The van der Waals surface area contributed by atoms with Crippen LogP contribution in [0.15, 0.2) is 17.6 Å². The predicted molar refractivity (Wildman–Crippen MR) is 84.6 cm³/mol. The summed E-state index contributed by atoms with van der Waals surface area (Å²) < 4.78 is 1.12. The van der Waals surface area contributed by atoms with Crippen LogP contribution >= 0.6 is 11.3 Å². The maximum absolute atomic E-state index is 4.74. The van der Waals surface area contributed by atoms with Crippen molar-refractivity contribution in [3.63, 3.8) is 0 Å². The maximum Gasteiger partial charge on any atom is 0.165 e. The van der Waals surface area contributed by atoms with E-state index in [4.69, 9.17) is 4.98 Å². The van der Waals surface area contributed by atoms with Gasteiger partial charge in [0.1, 0.15) is 5.82 Å². The van der Waals surface area contributed by atoms with Gasteiger partial charge in [-0.3, -0.25) is 5.10 Å². The lowest BCUT2D eigenvalue weighted by Gasteiger charge is -2.13. The summed E-state index contributed by atoms with van der Waals surface area (Å²) in [6.45, 7) is 4.03. The Morgan fingerprint density at radius 3 is 3.10 bits per heavy atom. The first-order valence-corrected chi connectivity index (χ1v) is 7.92. The van der Waals surface area contributed by atoms with E-state index >= 15 is 0 Å². The Morgan fingerprint density at radius 2 is 2.33 bits per heavy atom. The van der Waals surface area contributed by atoms with Crippen molar-refractivity contribution in [1.82, 2.24) is 25.5 Å². The molecule has 3 aromatic heterocycles. The van der Waals surface area contributed by atoms with Gasteiger partial charge in [-0.1, -0.05) is 0 Å². The quantitative estimate of drug-likeness (QED) is 0.691. The van der Waals surface area contributed by atoms with Crippen molar-refractivity contribution >= 4 is 27.4 Å². The molecule has 0 radical (unpaired) electrons. The van der Waals surface area contributed by atoms with Crippen molar-refractivity contribution in [2.75, 3.05) is 18.4 Å². The summed E-state index contributed by atoms with van der Waals surface area (Å²) in [5.74, 6) is 1.65. The number of rotatable bonds is 3. The molecule has 3 aromatic rings. The Hall–Kier alpha value is -1.99. The molecule has 108 valence electrons. The number of aromatic amines is 1. The average Bonchev–Trinajstić information content (AvgIpc) is 3.18. The number of aryl methyl sites for hydroxylation is 1. The number of anilines is 1. The minimum Gasteiger partial charge on any atom is -0.365 e. The van der Waals surface area contributed by atoms with Gasteiger partial charge in [0.25, 0.3) is 0 Å². The van der Waals surface area contributed by atoms with Crippen LogP contribution in [0.5, 0.6) is 0 Å². The Bertz CT molecular complexity index is 771. The molecule has 0 aliphatic carbocycles. The largest absolute Gasteiger partial charge is 0.365 e. The van der Waals surface area contributed by atoms with E-state index in [-0.39, 0.29) is 0 Å². The number of fused-ring (bicyclic) bond motifs is 1. The lowest BCUT2D eigenvalue weighted by molar-refractivity contribution is 0.789. The smallest absolute Gasteiger partial charge is 0.165 e. The van der Waals surface area contributed by atoms with Crippen molar-refractivity contribution in [2.24, 2.45) is 0 Å². The number of thiophene rings is 1. The predicted octanol–water partition coefficient (Wildman–Crippen LogP) is 2.16. The van der Waals surface area contributed by atoms with Crippen molar-refractivity contribution in [2.45, 2.75) is 19.4 Å². The molecule has 0 saturated carbocycles. The molecule has 4 heterocycles. The zero-order chi connectivity index (χ0) is 14.2. The van der Waals surface area contributed by atoms with Crippen molar-refractivity contribution in [3.8, 4) is 11.4 Å². The molecule has 6 nitrogen and oxygen atoms in total. The highest BCUT2D eigenvalue weighted by Gasteiger charge is 2.18. The fourth-order valence-corrected chi connectivity index (χ4v) is 3.41. The zero-order valence-electron chi connectivity index (χ0n) is 11.7. The first-order chi connectivity index (χ1) is 10.3. The monoisotopic (exact) mass is 300 g/mol. The Morgan fingerprint density at radius 1 is 1.38 bits per heavy atom. The van der Waals surface area contributed by atoms with Crippen LogP contribution in [0.1, 0.15) is 12.1 Å². The normalized spacial score (nSPS) is 18.4. The summed E-state index contributed by atoms with van der Waals surface area (Å²) >= 11 is 1.68. The van der Waals surface area contributed by atoms with Crippen LogP contribution in [-0.2, 0) is 0 Å². The summed E-state index contributed by atoms with van der Waals surface area (Å²) in [6, 6.07) is 2.47. The fraction of sp³-hybridized carbons (Fsp3) is 0.357. The average molecular weight is 300 g/mol. The molecule has 1 saturated heterocycles. The van der Waals surface area contributed by atoms with E-state index in [1.165, 1.54) is 0 Å². The third-order valence-electron chi connectivity index (χ3n) is 3.78. The number of hydrogen-bond donors (Lipinski definition) is 3. The molecular formula is C14H16N6S. The van der Waals surface area contributed by atoms with E-state index in [2.05, 4.69) is 31.2 Å². The summed E-state index contributed by atoms with van der Waals surface area (Å²) in [5, 5.41) is 16.0. The molecule has 0 amide bonds. The lowest BCUT2D eigenvalue weighted by Crippen LogP contribution is -2.22. The molecule has 1 fully saturated rings. The van der Waals surface area contributed by atoms with Gasteiger partial charge in [0.2, 0.25) is 0 Å². The van der Waals surface area contributed by atoms with E-state index in [9.17, 15) is 0 Å². The first-order valence-electron chi connectivity index (χ1n) is 7.04. The molecule has 4 rings (SSSR count). The number of H-pyrrole nitrogens is 1. The summed E-state index contributed by atoms with van der Waals surface area (Å²) in [4.78, 5) is 9.40. The zero-order valence-corrected chi connectivity index (χ0v) is 12.5. The van der Waals surface area contributed by atoms with Crippen molar-refractivity contribution in [1.29, 1.82) is 0 Å². The van der Waals surface area contributed by atoms with Gasteiger partial charge in [0, 0.05) is 18.3 Å². The highest BCUT2D eigenvalue weighted by atomic mass is 32.1. The minimum absolute atomic E-state index is 0.434. The van der Waals surface area contributed by atoms with E-state index in [1.54, 1.807) is 17.5 Å². The molecule has 0 spiro atoms. The SMILES string of the molecule is Cc1[nH]ncc1-c1nc(NC2CCNC2)c2sccc2n1. The van der Waals surface area contributed by atoms with Gasteiger partial charge in [0.15, 0.2) is 5.82 Å². The molecule has 21 heavy (non-hydrogen) atoms. The van der Waals surface area contributed by atoms with Crippen LogP contribution in [-0.4, -0.2) is 39.3 Å². The molecule has 1 unspecified atom stereocenters. The molecule has 1 atom stereocenters. The second-order valence-electron chi connectivity index (χ2n) is 5.27. The van der Waals surface area contributed by atoms with Gasteiger partial charge in [-0.05, 0) is 31.3 Å². The Kier molecular flexibility index (Phi) is 3.08. The van der Waals surface area contributed by atoms with Crippen LogP contribution < -0.4 is 10.6 Å². The van der Waals surface area contributed by atoms with Gasteiger partial charge >= 0.3 is 0 Å². The second kappa shape index (κ2) is 5.09. The topological polar surface area (TPSA) is 78.5 Å². The van der Waals surface area contributed by atoms with E-state index in [1.807, 2.05) is 13.0 Å². The standard InChI is InChI=1S/C14H16N6S/c1-8-10(7-16-20-8)13-18-11-3-5-21-12(11)14(19-13)17-9-2-4-15-6-9/h3,5,7,9,15H,2,4,6H2,1H3,(H,16,20)(H,17,18,19). The van der Waals surface area contributed by atoms with Gasteiger partial charge in [-0.25, -0.2) is 9.97 Å². The molecule has 3 N–H and O–H groups in total. The number of nitrogens with one attached hydrogen (secondary N) is 3. The lowest BCUT2D eigenvalue weighted by atomic mass is 10.2. The van der Waals surface area contributed by atoms with Crippen LogP contribution in [0, 0.1) is 6.92 Å². The molecule has 1 aliphatic rings. The maximum atomic E-state index is 4.74. The number of aromatic nitrogens is 4. The van der Waals surface area contributed by atoms with Gasteiger partial charge in [0.05, 0.1) is 22.0 Å². The van der Waals surface area contributed by atoms with Crippen LogP contribution in [0.4, 0.5) is 5.82 Å². The first kappa shape index (κ1) is 12.7. The van der Waals surface area contributed by atoms with Crippen LogP contribution in [0.2, 0.25) is 0 Å². The molecule has 0 bridgehead atoms. The summed E-state index contributed by atoms with van der Waals surface area (Å²) in [6.07, 6.45) is 2.90. The Labute approximate surface area is 126 Å². The number of hydrogen-bond acceptors (Lipinski definition) is 6. The number of nitrogens with zero attached hydrogens (tertiary/aromatic N) is 3. The molecule has 0 aromatic carbocycles. The highest BCUT2D eigenvalue weighted by molar-refractivity contribution is 7.17. The molecule has 7 heteroatoms. The van der Waals surface area contributed by atoms with Gasteiger partial charge < -0.3 is 10.6 Å². The highest BCUT2D eigenvalue weighted by Crippen LogP contribution is 2.30. The van der Waals surface area contributed by atoms with E-state index in [0.29, 0.717) is 6.04 Å². The van der Waals surface area contributed by atoms with E-state index < -0.39 is 0 Å². The van der Waals surface area contributed by atoms with Crippen LogP contribution in [0.25, 0.3) is 21.6 Å². The van der Waals surface area contributed by atoms with Crippen LogP contribution in [0.3, 0.4) is 0 Å². The van der Waals surface area contributed by atoms with Gasteiger partial charge in [-0.2, -0.15) is 5.10 Å².